The van der Waals surface area contributed by atoms with Crippen molar-refractivity contribution in [3.8, 4) is 0 Å². The van der Waals surface area contributed by atoms with Crippen LogP contribution in [0.4, 0.5) is 32.0 Å². The van der Waals surface area contributed by atoms with Crippen molar-refractivity contribution in [3.63, 3.8) is 0 Å². The zero-order chi connectivity index (χ0) is 23.9. The van der Waals surface area contributed by atoms with Crippen molar-refractivity contribution in [1.82, 2.24) is 20.2 Å². The van der Waals surface area contributed by atoms with Gasteiger partial charge in [0.05, 0.1) is 17.2 Å². The standard InChI is InChI=1S/C14H11F6N3.C8H16N2/c15-13(16,17)8-3-6-23(7-8)10-2-1-9(14(18,19)20)11-12(10)22-5-4-21-11;1-10-5-3-8(7-10)2-4-9-6-8/h1-2,4-5,8H,3,6-7H2;9H,2-7H2,1H3. The fraction of sp³-hybridized carbons (Fsp3) is 0.636. The minimum atomic E-state index is -4.60. The molecule has 0 bridgehead atoms. The zero-order valence-corrected chi connectivity index (χ0v) is 18.3. The van der Waals surface area contributed by atoms with E-state index >= 15 is 0 Å². The Morgan fingerprint density at radius 2 is 1.73 bits per heavy atom. The largest absolute Gasteiger partial charge is 0.418 e. The van der Waals surface area contributed by atoms with Gasteiger partial charge >= 0.3 is 12.4 Å². The van der Waals surface area contributed by atoms with Crippen LogP contribution in [0, 0.1) is 11.3 Å². The molecule has 4 heterocycles. The molecule has 2 unspecified atom stereocenters. The number of fused-ring (bicyclic) bond motifs is 1. The van der Waals surface area contributed by atoms with Crippen LogP contribution in [0.2, 0.25) is 0 Å². The lowest BCUT2D eigenvalue weighted by molar-refractivity contribution is -0.168. The monoisotopic (exact) mass is 475 g/mol. The molecule has 3 fully saturated rings. The number of hydrogen-bond donors (Lipinski definition) is 1. The lowest BCUT2D eigenvalue weighted by Crippen LogP contribution is -2.27. The fourth-order valence-electron chi connectivity index (χ4n) is 5.08. The van der Waals surface area contributed by atoms with Gasteiger partial charge in [-0.1, -0.05) is 0 Å². The fourth-order valence-corrected chi connectivity index (χ4v) is 5.08. The summed E-state index contributed by atoms with van der Waals surface area (Å²) in [5, 5.41) is 3.45. The third kappa shape index (κ3) is 5.18. The minimum absolute atomic E-state index is 0.0369. The van der Waals surface area contributed by atoms with E-state index in [4.69, 9.17) is 0 Å². The number of likely N-dealkylation sites (tertiary alicyclic amines) is 1. The summed E-state index contributed by atoms with van der Waals surface area (Å²) in [5.74, 6) is -1.49. The third-order valence-electron chi connectivity index (χ3n) is 6.86. The Bertz CT molecular complexity index is 970. The first-order valence-electron chi connectivity index (χ1n) is 11.0. The highest BCUT2D eigenvalue weighted by atomic mass is 19.4. The van der Waals surface area contributed by atoms with Gasteiger partial charge in [0.2, 0.25) is 0 Å². The van der Waals surface area contributed by atoms with E-state index in [1.54, 1.807) is 0 Å². The van der Waals surface area contributed by atoms with Crippen molar-refractivity contribution in [1.29, 1.82) is 0 Å². The van der Waals surface area contributed by atoms with E-state index in [9.17, 15) is 26.3 Å². The summed E-state index contributed by atoms with van der Waals surface area (Å²) in [6.07, 6.45) is -3.85. The van der Waals surface area contributed by atoms with Crippen LogP contribution < -0.4 is 10.2 Å². The minimum Gasteiger partial charge on any atom is -0.369 e. The summed E-state index contributed by atoms with van der Waals surface area (Å²) < 4.78 is 77.4. The van der Waals surface area contributed by atoms with Gasteiger partial charge < -0.3 is 15.1 Å². The Kier molecular flexibility index (Phi) is 6.47. The first kappa shape index (κ1) is 24.0. The summed E-state index contributed by atoms with van der Waals surface area (Å²) in [4.78, 5) is 11.5. The number of alkyl halides is 6. The second kappa shape index (κ2) is 8.90. The average Bonchev–Trinajstić information content (AvgIpc) is 3.49. The molecule has 1 aromatic heterocycles. The van der Waals surface area contributed by atoms with Crippen LogP contribution in [0.25, 0.3) is 11.0 Å². The number of nitrogens with one attached hydrogen (secondary N) is 1. The summed E-state index contributed by atoms with van der Waals surface area (Å²) >= 11 is 0. The highest BCUT2D eigenvalue weighted by Gasteiger charge is 2.44. The van der Waals surface area contributed by atoms with E-state index in [-0.39, 0.29) is 36.2 Å². The lowest BCUT2D eigenvalue weighted by atomic mass is 9.87. The van der Waals surface area contributed by atoms with Crippen molar-refractivity contribution in [2.45, 2.75) is 31.6 Å². The van der Waals surface area contributed by atoms with Crippen molar-refractivity contribution >= 4 is 16.7 Å². The van der Waals surface area contributed by atoms with Crippen LogP contribution in [-0.4, -0.2) is 67.4 Å². The SMILES string of the molecule is CN1CCC2(CCNC2)C1.FC(F)(F)c1ccc(N2CCC(C(F)(F)F)C2)c2nccnc12. The molecule has 0 saturated carbocycles. The van der Waals surface area contributed by atoms with E-state index < -0.39 is 23.8 Å². The van der Waals surface area contributed by atoms with Gasteiger partial charge in [0.1, 0.15) is 11.0 Å². The maximum Gasteiger partial charge on any atom is 0.418 e. The van der Waals surface area contributed by atoms with Gasteiger partial charge in [-0.2, -0.15) is 26.3 Å². The maximum atomic E-state index is 13.0. The van der Waals surface area contributed by atoms with Crippen molar-refractivity contribution < 1.29 is 26.3 Å². The first-order chi connectivity index (χ1) is 15.5. The smallest absolute Gasteiger partial charge is 0.369 e. The Morgan fingerprint density at radius 3 is 2.27 bits per heavy atom. The quantitative estimate of drug-likeness (QED) is 0.622. The van der Waals surface area contributed by atoms with Crippen LogP contribution in [0.5, 0.6) is 0 Å². The van der Waals surface area contributed by atoms with E-state index in [1.807, 2.05) is 0 Å². The Labute approximate surface area is 188 Å². The highest BCUT2D eigenvalue weighted by Crippen LogP contribution is 2.40. The molecule has 33 heavy (non-hydrogen) atoms. The van der Waals surface area contributed by atoms with Crippen LogP contribution in [0.1, 0.15) is 24.8 Å². The summed E-state index contributed by atoms with van der Waals surface area (Å²) in [5.41, 5.74) is -0.420. The van der Waals surface area contributed by atoms with Crippen LogP contribution in [0.15, 0.2) is 24.5 Å². The molecule has 5 nitrogen and oxygen atoms in total. The summed E-state index contributed by atoms with van der Waals surface area (Å²) in [6.45, 7) is 4.95. The highest BCUT2D eigenvalue weighted by molar-refractivity contribution is 5.90. The third-order valence-corrected chi connectivity index (χ3v) is 6.86. The molecule has 0 aliphatic carbocycles. The molecule has 1 N–H and O–H groups in total. The molecule has 3 aliphatic heterocycles. The zero-order valence-electron chi connectivity index (χ0n) is 18.3. The number of rotatable bonds is 1. The molecule has 3 saturated heterocycles. The van der Waals surface area contributed by atoms with Gasteiger partial charge in [-0.15, -0.1) is 0 Å². The van der Waals surface area contributed by atoms with E-state index in [2.05, 4.69) is 27.2 Å². The molecule has 1 aromatic carbocycles. The molecule has 1 spiro atoms. The second-order valence-corrected chi connectivity index (χ2v) is 9.27. The predicted octanol–water partition coefficient (Wildman–Crippen LogP) is 4.34. The van der Waals surface area contributed by atoms with Crippen LogP contribution in [0.3, 0.4) is 0 Å². The Balaban J connectivity index is 0.000000214. The molecule has 5 rings (SSSR count). The van der Waals surface area contributed by atoms with Gasteiger partial charge in [0.15, 0.2) is 0 Å². The molecule has 3 aliphatic rings. The summed E-state index contributed by atoms with van der Waals surface area (Å²) in [7, 11) is 2.23. The molecule has 0 radical (unpaired) electrons. The lowest BCUT2D eigenvalue weighted by Gasteiger charge is -2.22. The van der Waals surface area contributed by atoms with Crippen molar-refractivity contribution in [2.75, 3.05) is 51.2 Å². The molecule has 11 heteroatoms. The molecule has 2 atom stereocenters. The van der Waals surface area contributed by atoms with Gasteiger partial charge in [-0.05, 0) is 56.9 Å². The predicted molar refractivity (Wildman–Crippen MR) is 113 cm³/mol. The van der Waals surface area contributed by atoms with Crippen LogP contribution >= 0.6 is 0 Å². The van der Waals surface area contributed by atoms with Crippen LogP contribution in [-0.2, 0) is 6.18 Å². The van der Waals surface area contributed by atoms with Gasteiger partial charge in [0, 0.05) is 38.6 Å². The van der Waals surface area contributed by atoms with Crippen molar-refractivity contribution in [3.05, 3.63) is 30.1 Å². The summed E-state index contributed by atoms with van der Waals surface area (Å²) in [6, 6.07) is 2.01. The molecule has 0 amide bonds. The number of anilines is 1. The van der Waals surface area contributed by atoms with Crippen molar-refractivity contribution in [2.24, 2.45) is 11.3 Å². The number of nitrogens with zero attached hydrogens (tertiary/aromatic N) is 4. The average molecular weight is 475 g/mol. The number of aromatic nitrogens is 2. The normalized spacial score (nSPS) is 26.3. The van der Waals surface area contributed by atoms with E-state index in [0.717, 1.165) is 12.3 Å². The Hall–Kier alpha value is -2.14. The number of benzene rings is 1. The molecular weight excluding hydrogens is 448 g/mol. The first-order valence-corrected chi connectivity index (χ1v) is 11.0. The van der Waals surface area contributed by atoms with E-state index in [1.165, 1.54) is 56.2 Å². The van der Waals surface area contributed by atoms with Gasteiger partial charge in [-0.3, -0.25) is 9.97 Å². The van der Waals surface area contributed by atoms with Gasteiger partial charge in [0.25, 0.3) is 0 Å². The Morgan fingerprint density at radius 1 is 1.00 bits per heavy atom. The van der Waals surface area contributed by atoms with E-state index in [0.29, 0.717) is 5.41 Å². The second-order valence-electron chi connectivity index (χ2n) is 9.27. The maximum absolute atomic E-state index is 13.0. The van der Waals surface area contributed by atoms with Gasteiger partial charge in [-0.25, -0.2) is 0 Å². The topological polar surface area (TPSA) is 44.3 Å². The molecule has 182 valence electrons. The number of hydrogen-bond acceptors (Lipinski definition) is 5. The molecular formula is C22H27F6N5. The number of halogens is 6. The molecule has 2 aromatic rings.